The van der Waals surface area contributed by atoms with Gasteiger partial charge in [-0.25, -0.2) is 0 Å². The summed E-state index contributed by atoms with van der Waals surface area (Å²) >= 11 is 0. The molecule has 2 fully saturated rings. The monoisotopic (exact) mass is 330 g/mol. The molecule has 2 aliphatic heterocycles. The van der Waals surface area contributed by atoms with Gasteiger partial charge in [0.2, 0.25) is 0 Å². The summed E-state index contributed by atoms with van der Waals surface area (Å²) in [4.78, 5) is 11.7. The Morgan fingerprint density at radius 1 is 1.18 bits per heavy atom. The molecule has 2 aliphatic rings. The van der Waals surface area contributed by atoms with Gasteiger partial charge in [0.1, 0.15) is 6.10 Å². The van der Waals surface area contributed by atoms with Crippen LogP contribution in [0.3, 0.4) is 0 Å². The zero-order valence-corrected chi connectivity index (χ0v) is 15.7. The minimum Gasteiger partial charge on any atom is -0.466 e. The van der Waals surface area contributed by atoms with Gasteiger partial charge in [-0.3, -0.25) is 4.79 Å². The van der Waals surface area contributed by atoms with E-state index < -0.39 is 8.32 Å². The van der Waals surface area contributed by atoms with Crippen LogP contribution in [0.5, 0.6) is 0 Å². The molecule has 2 saturated heterocycles. The Bertz CT molecular complexity index is 404. The van der Waals surface area contributed by atoms with Crippen molar-refractivity contribution in [3.63, 3.8) is 0 Å². The molecule has 0 spiro atoms. The van der Waals surface area contributed by atoms with Crippen molar-refractivity contribution < 1.29 is 23.4 Å². The van der Waals surface area contributed by atoms with Crippen molar-refractivity contribution in [1.29, 1.82) is 0 Å². The van der Waals surface area contributed by atoms with E-state index in [2.05, 4.69) is 33.9 Å². The number of rotatable bonds is 5. The van der Waals surface area contributed by atoms with E-state index in [1.54, 1.807) is 0 Å². The lowest BCUT2D eigenvalue weighted by atomic mass is 9.98. The molecule has 2 unspecified atom stereocenters. The normalized spacial score (nSPS) is 32.1. The molecule has 0 aromatic rings. The van der Waals surface area contributed by atoms with E-state index in [1.807, 2.05) is 6.92 Å². The minimum absolute atomic E-state index is 0.0157. The highest BCUT2D eigenvalue weighted by Crippen LogP contribution is 2.41. The third-order valence-corrected chi connectivity index (χ3v) is 9.60. The third kappa shape index (κ3) is 3.72. The number of fused-ring (bicyclic) bond motifs is 1. The number of carbonyl (C=O) groups excluding carboxylic acids is 1. The van der Waals surface area contributed by atoms with Crippen LogP contribution in [0.4, 0.5) is 0 Å². The molecule has 0 saturated carbocycles. The standard InChI is InChI=1S/C16H30O5Si/c1-7-18-13(17)8-11-9-19-15-12(10-20-14(11)15)21-22(5,6)16(2,3)4/h11-12,14-15H,7-10H2,1-6H3/t11?,12?,14-,15-/m1/s1. The van der Waals surface area contributed by atoms with E-state index in [-0.39, 0.29) is 35.2 Å². The minimum atomic E-state index is -1.85. The van der Waals surface area contributed by atoms with Crippen LogP contribution in [-0.4, -0.2) is 52.4 Å². The first-order valence-electron chi connectivity index (χ1n) is 8.22. The predicted molar refractivity (Wildman–Crippen MR) is 86.3 cm³/mol. The third-order valence-electron chi connectivity index (χ3n) is 5.10. The molecule has 128 valence electrons. The van der Waals surface area contributed by atoms with Crippen molar-refractivity contribution >= 4 is 14.3 Å². The highest BCUT2D eigenvalue weighted by atomic mass is 28.4. The van der Waals surface area contributed by atoms with Gasteiger partial charge in [0.25, 0.3) is 0 Å². The Labute approximate surface area is 134 Å². The highest BCUT2D eigenvalue weighted by Gasteiger charge is 2.51. The first-order valence-corrected chi connectivity index (χ1v) is 11.1. The molecule has 0 aromatic carbocycles. The van der Waals surface area contributed by atoms with E-state index >= 15 is 0 Å². The lowest BCUT2D eigenvalue weighted by Gasteiger charge is -2.39. The first-order chi connectivity index (χ1) is 10.2. The molecule has 2 rings (SSSR count). The van der Waals surface area contributed by atoms with Crippen molar-refractivity contribution in [2.45, 2.75) is 70.6 Å². The van der Waals surface area contributed by atoms with Gasteiger partial charge in [-0.15, -0.1) is 0 Å². The predicted octanol–water partition coefficient (Wildman–Crippen LogP) is 2.74. The Morgan fingerprint density at radius 3 is 2.41 bits per heavy atom. The van der Waals surface area contributed by atoms with E-state index in [4.69, 9.17) is 18.6 Å². The molecule has 6 heteroatoms. The lowest BCUT2D eigenvalue weighted by molar-refractivity contribution is -0.145. The van der Waals surface area contributed by atoms with E-state index in [1.165, 1.54) is 0 Å². The molecule has 0 radical (unpaired) electrons. The fraction of sp³-hybridized carbons (Fsp3) is 0.938. The number of carbonyl (C=O) groups is 1. The summed E-state index contributed by atoms with van der Waals surface area (Å²) in [6.45, 7) is 14.5. The Balaban J connectivity index is 1.94. The second-order valence-corrected chi connectivity index (χ2v) is 12.5. The summed E-state index contributed by atoms with van der Waals surface area (Å²) in [5, 5.41) is 0.161. The maximum Gasteiger partial charge on any atom is 0.306 e. The van der Waals surface area contributed by atoms with Crippen LogP contribution in [0.2, 0.25) is 18.1 Å². The van der Waals surface area contributed by atoms with Crippen molar-refractivity contribution in [3.8, 4) is 0 Å². The Morgan fingerprint density at radius 2 is 1.82 bits per heavy atom. The fourth-order valence-electron chi connectivity index (χ4n) is 2.81. The smallest absolute Gasteiger partial charge is 0.306 e. The molecule has 5 nitrogen and oxygen atoms in total. The van der Waals surface area contributed by atoms with Crippen molar-refractivity contribution in [3.05, 3.63) is 0 Å². The molecular formula is C16H30O5Si. The largest absolute Gasteiger partial charge is 0.466 e. The van der Waals surface area contributed by atoms with Crippen LogP contribution in [0.15, 0.2) is 0 Å². The topological polar surface area (TPSA) is 54.0 Å². The van der Waals surface area contributed by atoms with Gasteiger partial charge in [0.15, 0.2) is 8.32 Å². The number of esters is 1. The van der Waals surface area contributed by atoms with Gasteiger partial charge in [-0.2, -0.15) is 0 Å². The average Bonchev–Trinajstić information content (AvgIpc) is 2.93. The van der Waals surface area contributed by atoms with Crippen LogP contribution in [-0.2, 0) is 23.4 Å². The van der Waals surface area contributed by atoms with E-state index in [9.17, 15) is 4.79 Å². The van der Waals surface area contributed by atoms with Crippen LogP contribution < -0.4 is 0 Å². The van der Waals surface area contributed by atoms with Gasteiger partial charge in [0, 0.05) is 5.92 Å². The van der Waals surface area contributed by atoms with Gasteiger partial charge >= 0.3 is 5.97 Å². The zero-order valence-electron chi connectivity index (χ0n) is 14.7. The Hall–Kier alpha value is -0.433. The van der Waals surface area contributed by atoms with Crippen molar-refractivity contribution in [2.24, 2.45) is 5.92 Å². The zero-order chi connectivity index (χ0) is 16.5. The summed E-state index contributed by atoms with van der Waals surface area (Å²) in [5.74, 6) is -0.0915. The van der Waals surface area contributed by atoms with Gasteiger partial charge in [-0.1, -0.05) is 20.8 Å². The number of ether oxygens (including phenoxy) is 3. The number of hydrogen-bond acceptors (Lipinski definition) is 5. The van der Waals surface area contributed by atoms with E-state index in [0.717, 1.165) is 0 Å². The van der Waals surface area contributed by atoms with Crippen molar-refractivity contribution in [2.75, 3.05) is 19.8 Å². The molecule has 0 amide bonds. The maximum atomic E-state index is 11.7. The van der Waals surface area contributed by atoms with Crippen molar-refractivity contribution in [1.82, 2.24) is 0 Å². The first kappa shape index (κ1) is 17.9. The van der Waals surface area contributed by atoms with Crippen LogP contribution in [0, 0.1) is 5.92 Å². The second-order valence-electron chi connectivity index (χ2n) is 7.78. The SMILES string of the molecule is CCOC(=O)CC1CO[C@@H]2C(O[Si](C)(C)C(C)(C)C)CO[C@H]12. The summed E-state index contributed by atoms with van der Waals surface area (Å²) in [6.07, 6.45) is 0.257. The second kappa shape index (κ2) is 6.59. The average molecular weight is 330 g/mol. The van der Waals surface area contributed by atoms with Gasteiger partial charge < -0.3 is 18.6 Å². The van der Waals surface area contributed by atoms with Crippen LogP contribution in [0.1, 0.15) is 34.1 Å². The molecular weight excluding hydrogens is 300 g/mol. The van der Waals surface area contributed by atoms with Crippen LogP contribution >= 0.6 is 0 Å². The fourth-order valence-corrected chi connectivity index (χ4v) is 4.12. The quantitative estimate of drug-likeness (QED) is 0.573. The summed E-state index contributed by atoms with van der Waals surface area (Å²) in [5.41, 5.74) is 0. The lowest BCUT2D eigenvalue weighted by Crippen LogP contribution is -2.47. The molecule has 0 aromatic heterocycles. The van der Waals surface area contributed by atoms with Gasteiger partial charge in [-0.05, 0) is 25.1 Å². The summed E-state index contributed by atoms with van der Waals surface area (Å²) in [7, 11) is -1.85. The number of hydrogen-bond donors (Lipinski definition) is 0. The van der Waals surface area contributed by atoms with Gasteiger partial charge in [0.05, 0.1) is 38.4 Å². The van der Waals surface area contributed by atoms with Crippen LogP contribution in [0.25, 0.3) is 0 Å². The highest BCUT2D eigenvalue weighted by molar-refractivity contribution is 6.74. The summed E-state index contributed by atoms with van der Waals surface area (Å²) < 4.78 is 23.3. The molecule has 4 atom stereocenters. The molecule has 22 heavy (non-hydrogen) atoms. The van der Waals surface area contributed by atoms with E-state index in [0.29, 0.717) is 26.2 Å². The Kier molecular flexibility index (Phi) is 5.37. The molecule has 0 aliphatic carbocycles. The molecule has 0 bridgehead atoms. The maximum absolute atomic E-state index is 11.7. The summed E-state index contributed by atoms with van der Waals surface area (Å²) in [6, 6.07) is 0. The molecule has 0 N–H and O–H groups in total. The molecule has 2 heterocycles.